The molecule has 14 heterocycles. The van der Waals surface area contributed by atoms with Crippen molar-refractivity contribution in [1.29, 1.82) is 10.5 Å². The first kappa shape index (κ1) is 80.3. The molecule has 21 aromatic rings. The lowest BCUT2D eigenvalue weighted by molar-refractivity contribution is 0.632. The summed E-state index contributed by atoms with van der Waals surface area (Å²) in [4.78, 5) is 110. The first-order chi connectivity index (χ1) is 58.5. The van der Waals surface area contributed by atoms with Gasteiger partial charge >= 0.3 is 5.84 Å². The van der Waals surface area contributed by atoms with Crippen LogP contribution in [0.3, 0.4) is 0 Å². The second-order valence-electron chi connectivity index (χ2n) is 30.1. The van der Waals surface area contributed by atoms with Gasteiger partial charge in [-0.05, 0) is 185 Å². The van der Waals surface area contributed by atoms with E-state index in [2.05, 4.69) is 113 Å². The van der Waals surface area contributed by atoms with Gasteiger partial charge in [-0.25, -0.2) is 52.5 Å². The highest BCUT2D eigenvalue weighted by Crippen LogP contribution is 2.27. The van der Waals surface area contributed by atoms with Crippen molar-refractivity contribution >= 4 is 153 Å². The normalized spacial score (nSPS) is 11.9. The molecular formula is C91H81N21O6S3. The minimum Gasteiger partial charge on any atom is -0.423 e. The van der Waals surface area contributed by atoms with E-state index >= 15 is 0 Å². The van der Waals surface area contributed by atoms with E-state index in [1.807, 2.05) is 163 Å². The Hall–Kier alpha value is -14.5. The third kappa shape index (κ3) is 15.3. The van der Waals surface area contributed by atoms with Gasteiger partial charge in [0.1, 0.15) is 9.28 Å². The van der Waals surface area contributed by atoms with Gasteiger partial charge in [-0.15, -0.1) is 11.3 Å². The van der Waals surface area contributed by atoms with Crippen LogP contribution in [0.4, 0.5) is 0 Å². The largest absolute Gasteiger partial charge is 0.423 e. The molecule has 1 aliphatic rings. The minimum atomic E-state index is -0.109. The van der Waals surface area contributed by atoms with Crippen LogP contribution in [0.15, 0.2) is 216 Å². The van der Waals surface area contributed by atoms with E-state index in [-0.39, 0.29) is 39.6 Å². The molecule has 0 saturated carbocycles. The van der Waals surface area contributed by atoms with Crippen molar-refractivity contribution in [3.8, 4) is 12.1 Å². The number of para-hydroxylation sites is 10. The predicted octanol–water partition coefficient (Wildman–Crippen LogP) is 17.7. The number of nitrogens with zero attached hydrogens (tertiary/aromatic N) is 16. The fraction of sp³-hybridized carbons (Fsp3) is 0.209. The number of nitrogens with one attached hydrogen (secondary N) is 5. The van der Waals surface area contributed by atoms with Gasteiger partial charge in [0.05, 0.1) is 95.0 Å². The summed E-state index contributed by atoms with van der Waals surface area (Å²) in [6.45, 7) is 20.2. The molecule has 22 rings (SSSR count). The van der Waals surface area contributed by atoms with Crippen molar-refractivity contribution in [3.63, 3.8) is 0 Å². The van der Waals surface area contributed by atoms with Crippen molar-refractivity contribution in [2.75, 3.05) is 0 Å². The number of oxazole rings is 1. The lowest BCUT2D eigenvalue weighted by atomic mass is 9.97. The molecule has 14 aromatic heterocycles. The van der Waals surface area contributed by atoms with Crippen molar-refractivity contribution in [3.05, 3.63) is 310 Å². The third-order valence-corrected chi connectivity index (χ3v) is 22.4. The highest BCUT2D eigenvalue weighted by atomic mass is 32.1. The zero-order valence-corrected chi connectivity index (χ0v) is 70.2. The van der Waals surface area contributed by atoms with E-state index in [9.17, 15) is 24.0 Å². The van der Waals surface area contributed by atoms with Crippen molar-refractivity contribution < 1.29 is 4.42 Å². The minimum absolute atomic E-state index is 0.0209. The van der Waals surface area contributed by atoms with Crippen LogP contribution >= 0.6 is 35.8 Å². The number of nitriles is 2. The summed E-state index contributed by atoms with van der Waals surface area (Å²) in [6, 6.07) is 60.4. The molecule has 0 bridgehead atoms. The first-order valence-corrected chi connectivity index (χ1v) is 41.4. The highest BCUT2D eigenvalue weighted by Gasteiger charge is 2.22. The van der Waals surface area contributed by atoms with Gasteiger partial charge in [-0.1, -0.05) is 140 Å². The summed E-state index contributed by atoms with van der Waals surface area (Å²) in [6.07, 6.45) is 5.44. The van der Waals surface area contributed by atoms with E-state index in [4.69, 9.17) is 39.4 Å². The third-order valence-electron chi connectivity index (χ3n) is 21.1. The van der Waals surface area contributed by atoms with Crippen molar-refractivity contribution in [2.45, 2.75) is 126 Å². The monoisotopic (exact) mass is 1660 g/mol. The molecule has 1 aliphatic carbocycles. The van der Waals surface area contributed by atoms with Gasteiger partial charge in [-0.3, -0.25) is 37.2 Å². The number of hydrogen-bond acceptors (Lipinski definition) is 18. The Balaban J connectivity index is 0.000000105. The molecule has 0 aliphatic heterocycles. The van der Waals surface area contributed by atoms with Crippen molar-refractivity contribution in [1.82, 2.24) is 90.6 Å². The Morgan fingerprint density at radius 2 is 0.893 bits per heavy atom. The maximum Gasteiger partial charge on any atom is 0.309 e. The van der Waals surface area contributed by atoms with E-state index in [1.165, 1.54) is 21.8 Å². The SMILES string of the molecule is CC(C)c1cc(=S)n2c(nc3ccccc32)[nH]1.CCc1c(C(C)C)[nH]c2nc3cc(C#N)ccc3n2c1=O.CCc1c(C(C)C)[nH]c2nc3ccc(C#N)cc3n2c1=O.Cc1cc(=O)n2c(n1)oc1ccccc12.Cc1cc(=S)n2c(nc3ccccc32)[nH]1.O=c1c2c([nH]c3nc4ccccc4n13)CCCC2.O=c1ccsc2nc3ccccc3n12. The number of H-pyrrole nitrogens is 5. The Kier molecular flexibility index (Phi) is 22.2. The van der Waals surface area contributed by atoms with Gasteiger partial charge in [0.15, 0.2) is 10.5 Å². The number of imidazole rings is 6. The van der Waals surface area contributed by atoms with Gasteiger partial charge in [0.25, 0.3) is 27.8 Å². The van der Waals surface area contributed by atoms with E-state index in [0.29, 0.717) is 80.9 Å². The van der Waals surface area contributed by atoms with Crippen LogP contribution in [0.2, 0.25) is 0 Å². The molecule has 7 aromatic carbocycles. The standard InChI is InChI=1S/2C16H16N4O.C14H13N3O.C13H13N3S.C11H9N3S.C11H8N2O2.C10H6N2OS/c1-4-11-14(9(2)3)19-16-18-12-7-10(8-17)5-6-13(12)20(16)15(11)21;1-4-11-14(9(2)3)19-16-18-12-6-5-10(8-17)7-13(12)20(16)15(11)21;18-13-9-5-1-2-6-10(9)15-14-16-11-7-3-4-8-12(11)17(13)14;1-8(2)10-7-12(17)16-11-6-4-3-5-9(11)14-13(16)15-10;1-7-6-10(15)14-9-5-3-2-4-8(9)13-11(14)12-7;1-7-6-10(14)13-8-4-2-3-5-9(8)15-11(13)12-7;13-9-5-6-14-10-11-7-3-1-2-4-8(7)12(9)10/h2*5-7,9H,4H2,1-3H3,(H,18,19);3-4,7-8H,1-2,5-6H2,(H,15,16);3-8H,1-2H3,(H,14,15);2-6H,1H3,(H,12,13);2-6H,1H3;1-6H. The maximum absolute atomic E-state index is 12.8. The number of aryl methyl sites for hydroxylation is 3. The van der Waals surface area contributed by atoms with Gasteiger partial charge < -0.3 is 29.3 Å². The Morgan fingerprint density at radius 3 is 1.47 bits per heavy atom. The molecule has 121 heavy (non-hydrogen) atoms. The topological polar surface area (TPSA) is 346 Å². The number of rotatable bonds is 5. The number of aromatic amines is 5. The molecule has 0 spiro atoms. The lowest BCUT2D eigenvalue weighted by Crippen LogP contribution is -2.24. The number of hydrogen-bond donors (Lipinski definition) is 5. The summed E-state index contributed by atoms with van der Waals surface area (Å²) >= 11 is 12.2. The van der Waals surface area contributed by atoms with Crippen LogP contribution in [-0.4, -0.2) is 90.6 Å². The van der Waals surface area contributed by atoms with E-state index < -0.39 is 0 Å². The summed E-state index contributed by atoms with van der Waals surface area (Å²) < 4.78 is 19.0. The average molecular weight is 1660 g/mol. The zero-order chi connectivity index (χ0) is 84.8. The predicted molar refractivity (Wildman–Crippen MR) is 480 cm³/mol. The molecule has 0 amide bonds. The number of benzene rings is 7. The molecule has 30 heteroatoms. The quantitative estimate of drug-likeness (QED) is 0.0999. The lowest BCUT2D eigenvalue weighted by Gasteiger charge is -2.14. The fourth-order valence-corrected chi connectivity index (χ4v) is 16.7. The van der Waals surface area contributed by atoms with Gasteiger partial charge in [-0.2, -0.15) is 10.5 Å². The number of fused-ring (bicyclic) bond motifs is 22. The first-order valence-electron chi connectivity index (χ1n) is 39.7. The van der Waals surface area contributed by atoms with Crippen LogP contribution in [0.5, 0.6) is 0 Å². The Morgan fingerprint density at radius 1 is 0.430 bits per heavy atom. The Labute approximate surface area is 701 Å². The van der Waals surface area contributed by atoms with Gasteiger partial charge in [0, 0.05) is 63.0 Å². The van der Waals surface area contributed by atoms with E-state index in [0.717, 1.165) is 152 Å². The maximum atomic E-state index is 12.8. The molecule has 5 N–H and O–H groups in total. The highest BCUT2D eigenvalue weighted by molar-refractivity contribution is 7.71. The molecule has 0 fully saturated rings. The van der Waals surface area contributed by atoms with Gasteiger partial charge in [0.2, 0.25) is 28.9 Å². The molecule has 604 valence electrons. The Bertz CT molecular complexity index is 8080. The van der Waals surface area contributed by atoms with Crippen LogP contribution in [0.25, 0.3) is 117 Å². The summed E-state index contributed by atoms with van der Waals surface area (Å²) in [5, 5.41) is 19.8. The molecule has 0 radical (unpaired) electrons. The van der Waals surface area contributed by atoms with Crippen LogP contribution in [0, 0.1) is 45.8 Å². The summed E-state index contributed by atoms with van der Waals surface area (Å²) in [5.41, 5.74) is 21.0. The average Bonchev–Trinajstić information content (AvgIpc) is 1.62. The molecule has 0 saturated heterocycles. The van der Waals surface area contributed by atoms with Crippen LogP contribution in [0.1, 0.15) is 148 Å². The molecule has 0 atom stereocenters. The van der Waals surface area contributed by atoms with Crippen molar-refractivity contribution in [2.24, 2.45) is 0 Å². The second kappa shape index (κ2) is 33.5. The number of aromatic nitrogens is 19. The molecule has 27 nitrogen and oxygen atoms in total. The zero-order valence-electron chi connectivity index (χ0n) is 67.7. The smallest absolute Gasteiger partial charge is 0.309 e. The summed E-state index contributed by atoms with van der Waals surface area (Å²) in [5.74, 6) is 4.59. The summed E-state index contributed by atoms with van der Waals surface area (Å²) in [7, 11) is 0. The second-order valence-corrected chi connectivity index (χ2v) is 31.8. The van der Waals surface area contributed by atoms with Crippen LogP contribution < -0.4 is 27.8 Å². The van der Waals surface area contributed by atoms with Crippen LogP contribution in [-0.2, 0) is 25.7 Å². The fourth-order valence-electron chi connectivity index (χ4n) is 15.3. The van der Waals surface area contributed by atoms with E-state index in [1.54, 1.807) is 72.4 Å². The molecular weight excluding hydrogens is 1580 g/mol. The molecule has 0 unspecified atom stereocenters.